The van der Waals surface area contributed by atoms with Gasteiger partial charge in [0.1, 0.15) is 5.82 Å². The van der Waals surface area contributed by atoms with Gasteiger partial charge in [-0.1, -0.05) is 12.1 Å². The van der Waals surface area contributed by atoms with E-state index in [1.807, 2.05) is 18.2 Å². The molecule has 1 aromatic heterocycles. The van der Waals surface area contributed by atoms with Crippen molar-refractivity contribution in [2.45, 2.75) is 31.6 Å². The smallest absolute Gasteiger partial charge is 0.303 e. The van der Waals surface area contributed by atoms with Crippen molar-refractivity contribution in [2.75, 3.05) is 19.6 Å². The Balaban J connectivity index is 1.54. The van der Waals surface area contributed by atoms with E-state index in [-0.39, 0.29) is 6.42 Å². The van der Waals surface area contributed by atoms with Gasteiger partial charge in [-0.15, -0.1) is 0 Å². The number of rotatable bonds is 5. The summed E-state index contributed by atoms with van der Waals surface area (Å²) >= 11 is 0. The van der Waals surface area contributed by atoms with Crippen LogP contribution in [0.1, 0.15) is 37.4 Å². The zero-order valence-corrected chi connectivity index (χ0v) is 12.1. The molecule has 0 unspecified atom stereocenters. The summed E-state index contributed by atoms with van der Waals surface area (Å²) in [5, 5.41) is 8.67. The molecule has 1 saturated heterocycles. The van der Waals surface area contributed by atoms with Gasteiger partial charge in [0.05, 0.1) is 11.0 Å². The SMILES string of the molecule is O=C(O)CCCN1CCC(c2nc3ccccc3[nH]2)CC1. The summed E-state index contributed by atoms with van der Waals surface area (Å²) in [6.07, 6.45) is 3.19. The van der Waals surface area contributed by atoms with Crippen LogP contribution in [-0.2, 0) is 4.79 Å². The summed E-state index contributed by atoms with van der Waals surface area (Å²) in [7, 11) is 0. The molecule has 0 atom stereocenters. The Hall–Kier alpha value is -1.88. The molecule has 0 spiro atoms. The number of aliphatic carboxylic acids is 1. The lowest BCUT2D eigenvalue weighted by molar-refractivity contribution is -0.137. The number of imidazole rings is 1. The van der Waals surface area contributed by atoms with Gasteiger partial charge < -0.3 is 15.0 Å². The first kappa shape index (κ1) is 14.1. The lowest BCUT2D eigenvalue weighted by Crippen LogP contribution is -2.34. The molecule has 5 nitrogen and oxygen atoms in total. The van der Waals surface area contributed by atoms with Crippen LogP contribution in [0.3, 0.4) is 0 Å². The third-order valence-corrected chi connectivity index (χ3v) is 4.25. The maximum Gasteiger partial charge on any atom is 0.303 e. The highest BCUT2D eigenvalue weighted by Gasteiger charge is 2.22. The Kier molecular flexibility index (Phi) is 4.20. The highest BCUT2D eigenvalue weighted by molar-refractivity contribution is 5.74. The second-order valence-electron chi connectivity index (χ2n) is 5.75. The molecule has 2 heterocycles. The standard InChI is InChI=1S/C16H21N3O2/c20-15(21)6-3-9-19-10-7-12(8-11-19)16-17-13-4-1-2-5-14(13)18-16/h1-2,4-5,12H,3,6-11H2,(H,17,18)(H,20,21). The van der Waals surface area contributed by atoms with E-state index in [0.717, 1.165) is 55.8 Å². The van der Waals surface area contributed by atoms with Crippen molar-refractivity contribution in [1.29, 1.82) is 0 Å². The number of likely N-dealkylation sites (tertiary alicyclic amines) is 1. The number of piperidine rings is 1. The Bertz CT molecular complexity index is 582. The molecule has 2 N–H and O–H groups in total. The number of carboxylic acid groups (broad SMARTS) is 1. The van der Waals surface area contributed by atoms with E-state index in [2.05, 4.69) is 16.0 Å². The van der Waals surface area contributed by atoms with E-state index < -0.39 is 5.97 Å². The minimum Gasteiger partial charge on any atom is -0.481 e. The minimum absolute atomic E-state index is 0.267. The zero-order chi connectivity index (χ0) is 14.7. The summed E-state index contributed by atoms with van der Waals surface area (Å²) in [5.41, 5.74) is 2.15. The van der Waals surface area contributed by atoms with Gasteiger partial charge in [0.15, 0.2) is 0 Å². The van der Waals surface area contributed by atoms with Gasteiger partial charge >= 0.3 is 5.97 Å². The highest BCUT2D eigenvalue weighted by Crippen LogP contribution is 2.27. The van der Waals surface area contributed by atoms with Crippen LogP contribution in [0.15, 0.2) is 24.3 Å². The first-order chi connectivity index (χ1) is 10.2. The fourth-order valence-corrected chi connectivity index (χ4v) is 3.05. The molecule has 3 rings (SSSR count). The van der Waals surface area contributed by atoms with Gasteiger partial charge in [-0.3, -0.25) is 4.79 Å². The summed E-state index contributed by atoms with van der Waals surface area (Å²) in [5.74, 6) is 0.890. The molecule has 2 aromatic rings. The van der Waals surface area contributed by atoms with Gasteiger partial charge in [0, 0.05) is 12.3 Å². The second kappa shape index (κ2) is 6.26. The second-order valence-corrected chi connectivity index (χ2v) is 5.75. The molecule has 0 saturated carbocycles. The first-order valence-corrected chi connectivity index (χ1v) is 7.61. The summed E-state index contributed by atoms with van der Waals surface area (Å²) in [6, 6.07) is 8.14. The average Bonchev–Trinajstić information content (AvgIpc) is 2.91. The summed E-state index contributed by atoms with van der Waals surface area (Å²) in [6.45, 7) is 2.95. The van der Waals surface area contributed by atoms with Crippen molar-refractivity contribution in [3.63, 3.8) is 0 Å². The number of aromatic nitrogens is 2. The maximum atomic E-state index is 10.5. The van der Waals surface area contributed by atoms with Crippen molar-refractivity contribution in [2.24, 2.45) is 0 Å². The van der Waals surface area contributed by atoms with E-state index in [0.29, 0.717) is 5.92 Å². The van der Waals surface area contributed by atoms with Crippen LogP contribution in [0.25, 0.3) is 11.0 Å². The van der Waals surface area contributed by atoms with Crippen LogP contribution in [0.5, 0.6) is 0 Å². The number of aromatic amines is 1. The number of nitrogens with zero attached hydrogens (tertiary/aromatic N) is 2. The molecule has 1 aliphatic heterocycles. The molecule has 0 bridgehead atoms. The minimum atomic E-state index is -0.702. The topological polar surface area (TPSA) is 69.2 Å². The number of nitrogens with one attached hydrogen (secondary N) is 1. The van der Waals surface area contributed by atoms with E-state index in [1.165, 1.54) is 0 Å². The number of para-hydroxylation sites is 2. The highest BCUT2D eigenvalue weighted by atomic mass is 16.4. The van der Waals surface area contributed by atoms with Crippen LogP contribution >= 0.6 is 0 Å². The van der Waals surface area contributed by atoms with Gasteiger partial charge in [-0.05, 0) is 51.0 Å². The number of carboxylic acids is 1. The molecule has 1 aliphatic rings. The number of carbonyl (C=O) groups is 1. The number of fused-ring (bicyclic) bond motifs is 1. The first-order valence-electron chi connectivity index (χ1n) is 7.61. The third-order valence-electron chi connectivity index (χ3n) is 4.25. The van der Waals surface area contributed by atoms with E-state index in [1.54, 1.807) is 0 Å². The van der Waals surface area contributed by atoms with Crippen LogP contribution in [0, 0.1) is 0 Å². The van der Waals surface area contributed by atoms with Gasteiger partial charge in [0.25, 0.3) is 0 Å². The fourth-order valence-electron chi connectivity index (χ4n) is 3.05. The largest absolute Gasteiger partial charge is 0.481 e. The monoisotopic (exact) mass is 287 g/mol. The van der Waals surface area contributed by atoms with Crippen LogP contribution in [0.2, 0.25) is 0 Å². The van der Waals surface area contributed by atoms with Crippen molar-refractivity contribution < 1.29 is 9.90 Å². The predicted molar refractivity (Wildman–Crippen MR) is 81.4 cm³/mol. The predicted octanol–water partition coefficient (Wildman–Crippen LogP) is 2.61. The Labute approximate surface area is 124 Å². The molecule has 112 valence electrons. The molecular formula is C16H21N3O2. The lowest BCUT2D eigenvalue weighted by Gasteiger charge is -2.30. The third kappa shape index (κ3) is 3.42. The van der Waals surface area contributed by atoms with Crippen LogP contribution in [-0.4, -0.2) is 45.6 Å². The van der Waals surface area contributed by atoms with E-state index >= 15 is 0 Å². The molecular weight excluding hydrogens is 266 g/mol. The molecule has 5 heteroatoms. The number of hydrogen-bond donors (Lipinski definition) is 2. The summed E-state index contributed by atoms with van der Waals surface area (Å²) < 4.78 is 0. The number of hydrogen-bond acceptors (Lipinski definition) is 3. The molecule has 1 fully saturated rings. The zero-order valence-electron chi connectivity index (χ0n) is 12.1. The molecule has 21 heavy (non-hydrogen) atoms. The molecule has 0 amide bonds. The quantitative estimate of drug-likeness (QED) is 0.887. The van der Waals surface area contributed by atoms with Crippen molar-refractivity contribution in [3.8, 4) is 0 Å². The average molecular weight is 287 g/mol. The van der Waals surface area contributed by atoms with Gasteiger partial charge in [-0.25, -0.2) is 4.98 Å². The summed E-state index contributed by atoms with van der Waals surface area (Å²) in [4.78, 5) is 21.0. The van der Waals surface area contributed by atoms with Crippen LogP contribution in [0.4, 0.5) is 0 Å². The van der Waals surface area contributed by atoms with Gasteiger partial charge in [-0.2, -0.15) is 0 Å². The van der Waals surface area contributed by atoms with Crippen LogP contribution < -0.4 is 0 Å². The molecule has 1 aromatic carbocycles. The van der Waals surface area contributed by atoms with E-state index in [9.17, 15) is 4.79 Å². The van der Waals surface area contributed by atoms with Crippen molar-refractivity contribution >= 4 is 17.0 Å². The molecule has 0 radical (unpaired) electrons. The Morgan fingerprint density at radius 2 is 2.10 bits per heavy atom. The Morgan fingerprint density at radius 1 is 1.33 bits per heavy atom. The maximum absolute atomic E-state index is 10.5. The fraction of sp³-hybridized carbons (Fsp3) is 0.500. The lowest BCUT2D eigenvalue weighted by atomic mass is 9.96. The van der Waals surface area contributed by atoms with E-state index in [4.69, 9.17) is 10.1 Å². The van der Waals surface area contributed by atoms with Gasteiger partial charge in [0.2, 0.25) is 0 Å². The number of benzene rings is 1. The van der Waals surface area contributed by atoms with Crippen molar-refractivity contribution in [1.82, 2.24) is 14.9 Å². The van der Waals surface area contributed by atoms with Crippen molar-refractivity contribution in [3.05, 3.63) is 30.1 Å². The Morgan fingerprint density at radius 3 is 2.81 bits per heavy atom. The normalized spacial score (nSPS) is 17.3. The molecule has 0 aliphatic carbocycles. The number of H-pyrrole nitrogens is 1.